The highest BCUT2D eigenvalue weighted by Crippen LogP contribution is 2.37. The maximum absolute atomic E-state index is 5.94. The smallest absolute Gasteiger partial charge is 0.175 e. The lowest BCUT2D eigenvalue weighted by molar-refractivity contribution is 0.246. The van der Waals surface area contributed by atoms with Crippen LogP contribution in [0.5, 0.6) is 11.5 Å². The van der Waals surface area contributed by atoms with Crippen molar-refractivity contribution < 1.29 is 9.47 Å². The fourth-order valence-corrected chi connectivity index (χ4v) is 3.21. The summed E-state index contributed by atoms with van der Waals surface area (Å²) in [6, 6.07) is 3.96. The van der Waals surface area contributed by atoms with Crippen molar-refractivity contribution in [2.45, 2.75) is 32.7 Å². The van der Waals surface area contributed by atoms with Crippen LogP contribution in [0.2, 0.25) is 0 Å². The van der Waals surface area contributed by atoms with Gasteiger partial charge in [0.25, 0.3) is 0 Å². The molecule has 0 atom stereocenters. The maximum Gasteiger partial charge on any atom is 0.175 e. The zero-order valence-corrected chi connectivity index (χ0v) is 14.3. The van der Waals surface area contributed by atoms with Gasteiger partial charge in [0, 0.05) is 13.1 Å². The number of hydrogen-bond donors (Lipinski definition) is 1. The molecule has 0 unspecified atom stereocenters. The molecule has 21 heavy (non-hydrogen) atoms. The van der Waals surface area contributed by atoms with E-state index in [9.17, 15) is 0 Å². The van der Waals surface area contributed by atoms with Crippen LogP contribution in [-0.2, 0) is 6.54 Å². The van der Waals surface area contributed by atoms with Crippen molar-refractivity contribution in [2.75, 3.05) is 32.8 Å². The summed E-state index contributed by atoms with van der Waals surface area (Å²) in [7, 11) is 0. The Morgan fingerprint density at radius 2 is 2.00 bits per heavy atom. The second kappa shape index (κ2) is 8.61. The van der Waals surface area contributed by atoms with Crippen molar-refractivity contribution >= 4 is 15.9 Å². The van der Waals surface area contributed by atoms with Crippen molar-refractivity contribution in [3.63, 3.8) is 0 Å². The molecule has 5 heteroatoms. The monoisotopic (exact) mass is 356 g/mol. The molecule has 0 spiro atoms. The van der Waals surface area contributed by atoms with Crippen LogP contribution >= 0.6 is 15.9 Å². The molecule has 1 heterocycles. The van der Waals surface area contributed by atoms with Gasteiger partial charge < -0.3 is 20.1 Å². The first-order chi connectivity index (χ1) is 10.2. The minimum absolute atomic E-state index is 0.494. The number of nitrogens with two attached hydrogens (primary N) is 1. The van der Waals surface area contributed by atoms with Crippen molar-refractivity contribution in [1.29, 1.82) is 0 Å². The zero-order valence-electron chi connectivity index (χ0n) is 12.7. The first-order valence-electron chi connectivity index (χ1n) is 7.75. The number of benzene rings is 1. The third-order valence-corrected chi connectivity index (χ3v) is 4.26. The first-order valence-corrected chi connectivity index (χ1v) is 8.54. The van der Waals surface area contributed by atoms with Crippen molar-refractivity contribution in [1.82, 2.24) is 4.90 Å². The molecule has 1 saturated heterocycles. The van der Waals surface area contributed by atoms with E-state index in [1.807, 2.05) is 19.1 Å². The molecule has 1 aliphatic heterocycles. The van der Waals surface area contributed by atoms with E-state index in [1.54, 1.807) is 0 Å². The van der Waals surface area contributed by atoms with Crippen LogP contribution in [-0.4, -0.2) is 37.7 Å². The van der Waals surface area contributed by atoms with E-state index in [0.29, 0.717) is 19.8 Å². The van der Waals surface area contributed by atoms with Gasteiger partial charge in [0.15, 0.2) is 11.5 Å². The van der Waals surface area contributed by atoms with E-state index in [2.05, 4.69) is 20.8 Å². The summed E-state index contributed by atoms with van der Waals surface area (Å²) in [6.45, 7) is 7.37. The number of hydrogen-bond acceptors (Lipinski definition) is 4. The van der Waals surface area contributed by atoms with Crippen LogP contribution in [0, 0.1) is 0 Å². The molecular formula is C16H25BrN2O2. The third kappa shape index (κ3) is 4.87. The van der Waals surface area contributed by atoms with Crippen LogP contribution < -0.4 is 15.2 Å². The molecule has 2 rings (SSSR count). The molecule has 4 nitrogen and oxygen atoms in total. The summed E-state index contributed by atoms with van der Waals surface area (Å²) in [5.41, 5.74) is 6.74. The molecule has 1 fully saturated rings. The van der Waals surface area contributed by atoms with Gasteiger partial charge in [0.05, 0.1) is 17.7 Å². The number of ether oxygens (including phenoxy) is 2. The Bertz CT molecular complexity index is 448. The molecule has 0 aliphatic carbocycles. The highest BCUT2D eigenvalue weighted by atomic mass is 79.9. The fraction of sp³-hybridized carbons (Fsp3) is 0.625. The standard InChI is InChI=1S/C16H25BrN2O2/c1-2-20-15-11-13(12-18)10-14(17)16(15)21-9-5-8-19-6-3-4-7-19/h10-11H,2-9,12,18H2,1H3. The summed E-state index contributed by atoms with van der Waals surface area (Å²) in [5, 5.41) is 0. The van der Waals surface area contributed by atoms with E-state index in [1.165, 1.54) is 25.9 Å². The van der Waals surface area contributed by atoms with Crippen LogP contribution in [0.15, 0.2) is 16.6 Å². The molecule has 1 aromatic carbocycles. The normalized spacial score (nSPS) is 15.4. The van der Waals surface area contributed by atoms with E-state index in [-0.39, 0.29) is 0 Å². The van der Waals surface area contributed by atoms with Gasteiger partial charge in [-0.3, -0.25) is 0 Å². The quantitative estimate of drug-likeness (QED) is 0.726. The minimum Gasteiger partial charge on any atom is -0.490 e. The Hall–Kier alpha value is -0.780. The number of halogens is 1. The zero-order chi connectivity index (χ0) is 15.1. The number of nitrogens with zero attached hydrogens (tertiary/aromatic N) is 1. The van der Waals surface area contributed by atoms with Gasteiger partial charge in [-0.2, -0.15) is 0 Å². The first kappa shape index (κ1) is 16.6. The topological polar surface area (TPSA) is 47.7 Å². The largest absolute Gasteiger partial charge is 0.490 e. The van der Waals surface area contributed by atoms with Gasteiger partial charge in [0.1, 0.15) is 0 Å². The second-order valence-corrected chi connectivity index (χ2v) is 6.15. The SMILES string of the molecule is CCOc1cc(CN)cc(Br)c1OCCCN1CCCC1. The van der Waals surface area contributed by atoms with E-state index < -0.39 is 0 Å². The molecule has 0 radical (unpaired) electrons. The molecule has 118 valence electrons. The summed E-state index contributed by atoms with van der Waals surface area (Å²) < 4.78 is 12.5. The Labute approximate surface area is 135 Å². The van der Waals surface area contributed by atoms with E-state index >= 15 is 0 Å². The molecule has 0 saturated carbocycles. The predicted octanol–water partition coefficient (Wildman–Crippen LogP) is 3.17. The third-order valence-electron chi connectivity index (χ3n) is 3.67. The number of rotatable bonds is 8. The van der Waals surface area contributed by atoms with E-state index in [4.69, 9.17) is 15.2 Å². The molecule has 0 aromatic heterocycles. The van der Waals surface area contributed by atoms with Gasteiger partial charge in [-0.25, -0.2) is 0 Å². The summed E-state index contributed by atoms with van der Waals surface area (Å²) >= 11 is 3.56. The summed E-state index contributed by atoms with van der Waals surface area (Å²) in [4.78, 5) is 2.50. The highest BCUT2D eigenvalue weighted by Gasteiger charge is 2.13. The molecule has 1 aromatic rings. The summed E-state index contributed by atoms with van der Waals surface area (Å²) in [6.07, 6.45) is 3.71. The molecule has 0 bridgehead atoms. The van der Waals surface area contributed by atoms with Gasteiger partial charge in [0.2, 0.25) is 0 Å². The molecular weight excluding hydrogens is 332 g/mol. The average Bonchev–Trinajstić information content (AvgIpc) is 2.99. The second-order valence-electron chi connectivity index (χ2n) is 5.29. The minimum atomic E-state index is 0.494. The number of likely N-dealkylation sites (tertiary alicyclic amines) is 1. The predicted molar refractivity (Wildman–Crippen MR) is 89.0 cm³/mol. The Kier molecular flexibility index (Phi) is 6.80. The Morgan fingerprint density at radius 3 is 2.67 bits per heavy atom. The van der Waals surface area contributed by atoms with E-state index in [0.717, 1.165) is 34.5 Å². The molecule has 2 N–H and O–H groups in total. The van der Waals surface area contributed by atoms with Crippen LogP contribution in [0.3, 0.4) is 0 Å². The average molecular weight is 357 g/mol. The van der Waals surface area contributed by atoms with Crippen molar-refractivity contribution in [2.24, 2.45) is 5.73 Å². The molecule has 1 aliphatic rings. The van der Waals surface area contributed by atoms with Crippen molar-refractivity contribution in [3.05, 3.63) is 22.2 Å². The highest BCUT2D eigenvalue weighted by molar-refractivity contribution is 9.10. The Balaban J connectivity index is 1.91. The van der Waals surface area contributed by atoms with Crippen LogP contribution in [0.1, 0.15) is 31.7 Å². The van der Waals surface area contributed by atoms with Gasteiger partial charge in [-0.1, -0.05) is 0 Å². The summed E-state index contributed by atoms with van der Waals surface area (Å²) in [5.74, 6) is 1.56. The Morgan fingerprint density at radius 1 is 1.24 bits per heavy atom. The fourth-order valence-electron chi connectivity index (χ4n) is 2.61. The lowest BCUT2D eigenvalue weighted by Gasteiger charge is -2.17. The van der Waals surface area contributed by atoms with Gasteiger partial charge in [-0.05, 0) is 72.9 Å². The van der Waals surface area contributed by atoms with Gasteiger partial charge >= 0.3 is 0 Å². The van der Waals surface area contributed by atoms with Crippen molar-refractivity contribution in [3.8, 4) is 11.5 Å². The van der Waals surface area contributed by atoms with Crippen LogP contribution in [0.25, 0.3) is 0 Å². The van der Waals surface area contributed by atoms with Crippen LogP contribution in [0.4, 0.5) is 0 Å². The lowest BCUT2D eigenvalue weighted by Crippen LogP contribution is -2.22. The lowest BCUT2D eigenvalue weighted by atomic mass is 10.2. The maximum atomic E-state index is 5.94. The molecule has 0 amide bonds. The van der Waals surface area contributed by atoms with Gasteiger partial charge in [-0.15, -0.1) is 0 Å².